The molecule has 0 aliphatic carbocycles. The van der Waals surface area contributed by atoms with Gasteiger partial charge in [-0.2, -0.15) is 13.2 Å². The molecule has 0 saturated heterocycles. The molecule has 2 aromatic heterocycles. The molecule has 18 heavy (non-hydrogen) atoms. The molecule has 0 atom stereocenters. The van der Waals surface area contributed by atoms with Crippen LogP contribution in [0.4, 0.5) is 13.2 Å². The zero-order valence-electron chi connectivity index (χ0n) is 9.13. The van der Waals surface area contributed by atoms with Crippen LogP contribution in [0.2, 0.25) is 0 Å². The van der Waals surface area contributed by atoms with Gasteiger partial charge in [0.1, 0.15) is 0 Å². The minimum absolute atomic E-state index is 0.0605. The first-order valence-electron chi connectivity index (χ1n) is 5.01. The predicted octanol–water partition coefficient (Wildman–Crippen LogP) is 1.66. The van der Waals surface area contributed by atoms with E-state index in [1.807, 2.05) is 0 Å². The molecule has 0 aliphatic heterocycles. The first-order valence-corrected chi connectivity index (χ1v) is 5.01. The fraction of sp³-hybridized carbons (Fsp3) is 0.300. The van der Waals surface area contributed by atoms with Gasteiger partial charge in [0.05, 0.1) is 12.7 Å². The summed E-state index contributed by atoms with van der Waals surface area (Å²) in [5.74, 6) is -0.0605. The third-order valence-corrected chi connectivity index (χ3v) is 2.00. The zero-order chi connectivity index (χ0) is 13.0. The number of nitrogens with zero attached hydrogens (tertiary/aromatic N) is 4. The molecule has 0 N–H and O–H groups in total. The number of alkyl halides is 3. The van der Waals surface area contributed by atoms with Crippen molar-refractivity contribution in [1.82, 2.24) is 20.0 Å². The van der Waals surface area contributed by atoms with Crippen LogP contribution >= 0.6 is 0 Å². The molecule has 5 nitrogen and oxygen atoms in total. The average Bonchev–Trinajstić information content (AvgIpc) is 2.80. The van der Waals surface area contributed by atoms with Crippen molar-refractivity contribution in [2.24, 2.45) is 0 Å². The zero-order valence-corrected chi connectivity index (χ0v) is 9.13. The highest BCUT2D eigenvalue weighted by molar-refractivity contribution is 5.17. The van der Waals surface area contributed by atoms with E-state index in [0.29, 0.717) is 6.54 Å². The molecular formula is C10H9F3N4O. The van der Waals surface area contributed by atoms with Gasteiger partial charge in [-0.05, 0) is 5.56 Å². The minimum atomic E-state index is -4.36. The molecule has 0 bridgehead atoms. The van der Waals surface area contributed by atoms with Crippen molar-refractivity contribution in [1.29, 1.82) is 0 Å². The number of halogens is 3. The third kappa shape index (κ3) is 3.72. The maximum atomic E-state index is 11.9. The number of pyridine rings is 1. The van der Waals surface area contributed by atoms with E-state index in [4.69, 9.17) is 0 Å². The molecule has 0 spiro atoms. The van der Waals surface area contributed by atoms with Gasteiger partial charge in [-0.15, -0.1) is 5.10 Å². The Morgan fingerprint density at radius 2 is 2.11 bits per heavy atom. The second-order valence-corrected chi connectivity index (χ2v) is 3.51. The fourth-order valence-electron chi connectivity index (χ4n) is 1.25. The highest BCUT2D eigenvalue weighted by Crippen LogP contribution is 2.17. The summed E-state index contributed by atoms with van der Waals surface area (Å²) in [6.07, 6.45) is 0.288. The van der Waals surface area contributed by atoms with Crippen molar-refractivity contribution < 1.29 is 17.9 Å². The molecule has 0 unspecified atom stereocenters. The molecule has 0 fully saturated rings. The lowest BCUT2D eigenvalue weighted by molar-refractivity contribution is -0.154. The van der Waals surface area contributed by atoms with E-state index in [2.05, 4.69) is 20.0 Å². The van der Waals surface area contributed by atoms with Gasteiger partial charge >= 0.3 is 6.18 Å². The molecule has 0 saturated carbocycles. The number of hydrogen-bond donors (Lipinski definition) is 0. The van der Waals surface area contributed by atoms with E-state index < -0.39 is 12.8 Å². The smallest absolute Gasteiger partial charge is 0.422 e. The van der Waals surface area contributed by atoms with E-state index in [-0.39, 0.29) is 5.88 Å². The van der Waals surface area contributed by atoms with Gasteiger partial charge in [-0.1, -0.05) is 11.3 Å². The Bertz CT molecular complexity index is 481. The maximum Gasteiger partial charge on any atom is 0.422 e. The number of ether oxygens (including phenoxy) is 1. The van der Waals surface area contributed by atoms with Crippen molar-refractivity contribution in [2.45, 2.75) is 12.7 Å². The van der Waals surface area contributed by atoms with Gasteiger partial charge < -0.3 is 4.74 Å². The van der Waals surface area contributed by atoms with Crippen molar-refractivity contribution in [3.05, 3.63) is 36.3 Å². The molecule has 2 rings (SSSR count). The molecular weight excluding hydrogens is 249 g/mol. The van der Waals surface area contributed by atoms with Crippen LogP contribution in [0, 0.1) is 0 Å². The van der Waals surface area contributed by atoms with E-state index >= 15 is 0 Å². The van der Waals surface area contributed by atoms with Crippen LogP contribution in [-0.4, -0.2) is 32.8 Å². The summed E-state index contributed by atoms with van der Waals surface area (Å²) in [4.78, 5) is 3.78. The topological polar surface area (TPSA) is 52.8 Å². The largest absolute Gasteiger partial charge is 0.468 e. The molecule has 0 amide bonds. The van der Waals surface area contributed by atoms with Crippen LogP contribution in [-0.2, 0) is 6.54 Å². The van der Waals surface area contributed by atoms with E-state index in [9.17, 15) is 13.2 Å². The Kier molecular flexibility index (Phi) is 3.45. The third-order valence-electron chi connectivity index (χ3n) is 2.00. The molecule has 0 aliphatic rings. The molecule has 96 valence electrons. The molecule has 8 heteroatoms. The lowest BCUT2D eigenvalue weighted by atomic mass is 10.3. The lowest BCUT2D eigenvalue weighted by Gasteiger charge is -2.08. The molecule has 2 heterocycles. The summed E-state index contributed by atoms with van der Waals surface area (Å²) in [5, 5.41) is 7.40. The number of rotatable bonds is 4. The average molecular weight is 258 g/mol. The Morgan fingerprint density at radius 3 is 2.67 bits per heavy atom. The quantitative estimate of drug-likeness (QED) is 0.837. The first-order chi connectivity index (χ1) is 8.53. The minimum Gasteiger partial charge on any atom is -0.468 e. The van der Waals surface area contributed by atoms with Crippen molar-refractivity contribution in [3.8, 4) is 5.88 Å². The van der Waals surface area contributed by atoms with Crippen LogP contribution in [0.3, 0.4) is 0 Å². The summed E-state index contributed by atoms with van der Waals surface area (Å²) in [5.41, 5.74) is 0.792. The molecule has 2 aromatic rings. The normalized spacial score (nSPS) is 11.5. The van der Waals surface area contributed by atoms with Gasteiger partial charge in [0.2, 0.25) is 5.88 Å². The highest BCUT2D eigenvalue weighted by atomic mass is 19.4. The van der Waals surface area contributed by atoms with Crippen LogP contribution in [0.15, 0.2) is 30.7 Å². The van der Waals surface area contributed by atoms with Gasteiger partial charge in [-0.3, -0.25) is 0 Å². The summed E-state index contributed by atoms with van der Waals surface area (Å²) in [6, 6.07) is 3.01. The van der Waals surface area contributed by atoms with Crippen LogP contribution in [0.1, 0.15) is 5.56 Å². The fourth-order valence-corrected chi connectivity index (χ4v) is 1.25. The first kappa shape index (κ1) is 12.3. The second-order valence-electron chi connectivity index (χ2n) is 3.51. The Morgan fingerprint density at radius 1 is 1.28 bits per heavy atom. The lowest BCUT2D eigenvalue weighted by Crippen LogP contribution is -2.19. The number of aromatic nitrogens is 4. The van der Waals surface area contributed by atoms with Crippen molar-refractivity contribution in [3.63, 3.8) is 0 Å². The summed E-state index contributed by atoms with van der Waals surface area (Å²) < 4.78 is 41.8. The van der Waals surface area contributed by atoms with E-state index in [1.54, 1.807) is 16.9 Å². The summed E-state index contributed by atoms with van der Waals surface area (Å²) in [7, 11) is 0. The predicted molar refractivity (Wildman–Crippen MR) is 54.9 cm³/mol. The maximum absolute atomic E-state index is 11.9. The van der Waals surface area contributed by atoms with Crippen LogP contribution < -0.4 is 4.74 Å². The van der Waals surface area contributed by atoms with Crippen LogP contribution in [0.5, 0.6) is 5.88 Å². The van der Waals surface area contributed by atoms with Crippen molar-refractivity contribution >= 4 is 0 Å². The van der Waals surface area contributed by atoms with E-state index in [0.717, 1.165) is 5.56 Å². The van der Waals surface area contributed by atoms with E-state index in [1.165, 1.54) is 18.5 Å². The summed E-state index contributed by atoms with van der Waals surface area (Å²) >= 11 is 0. The van der Waals surface area contributed by atoms with Gasteiger partial charge in [0, 0.05) is 18.5 Å². The van der Waals surface area contributed by atoms with Gasteiger partial charge in [-0.25, -0.2) is 9.67 Å². The molecule has 0 aromatic carbocycles. The SMILES string of the molecule is FC(F)(F)COc1ccc(Cn2ccnn2)cn1. The second kappa shape index (κ2) is 5.03. The van der Waals surface area contributed by atoms with Crippen molar-refractivity contribution in [2.75, 3.05) is 6.61 Å². The van der Waals surface area contributed by atoms with Gasteiger partial charge in [0.25, 0.3) is 0 Å². The molecule has 0 radical (unpaired) electrons. The summed E-state index contributed by atoms with van der Waals surface area (Å²) in [6.45, 7) is -0.894. The Balaban J connectivity index is 1.93. The number of hydrogen-bond acceptors (Lipinski definition) is 4. The Labute approximate surface area is 100 Å². The van der Waals surface area contributed by atoms with Crippen LogP contribution in [0.25, 0.3) is 0 Å². The highest BCUT2D eigenvalue weighted by Gasteiger charge is 2.28. The Hall–Kier alpha value is -2.12. The monoisotopic (exact) mass is 258 g/mol. The standard InChI is InChI=1S/C10H9F3N4O/c11-10(12,13)7-18-9-2-1-8(5-14-9)6-17-4-3-15-16-17/h1-5H,6-7H2. The van der Waals surface area contributed by atoms with Gasteiger partial charge in [0.15, 0.2) is 6.61 Å².